The van der Waals surface area contributed by atoms with Crippen LogP contribution in [0.5, 0.6) is 0 Å². The summed E-state index contributed by atoms with van der Waals surface area (Å²) < 4.78 is 10.8. The summed E-state index contributed by atoms with van der Waals surface area (Å²) in [6.07, 6.45) is -1.47. The third-order valence-electron chi connectivity index (χ3n) is 3.82. The molecule has 3 rings (SSSR count). The smallest absolute Gasteiger partial charge is 0.254 e. The number of imide groups is 1. The Hall–Kier alpha value is -1.32. The van der Waals surface area contributed by atoms with Crippen molar-refractivity contribution in [1.29, 1.82) is 0 Å². The second-order valence-electron chi connectivity index (χ2n) is 4.87. The average Bonchev–Trinajstić information content (AvgIpc) is 2.94. The zero-order chi connectivity index (χ0) is 13.8. The number of nitrogens with two attached hydrogens (primary N) is 1. The predicted octanol–water partition coefficient (Wildman–Crippen LogP) is -2.91. The fraction of sp³-hybridized carbons (Fsp3) is 0.636. The average molecular weight is 270 g/mol. The van der Waals surface area contributed by atoms with E-state index in [-0.39, 0.29) is 13.2 Å². The lowest BCUT2D eigenvalue weighted by Crippen LogP contribution is -2.67. The van der Waals surface area contributed by atoms with Crippen LogP contribution >= 0.6 is 0 Å². The maximum Gasteiger partial charge on any atom is 0.254 e. The molecule has 2 amide bonds. The highest BCUT2D eigenvalue weighted by molar-refractivity contribution is 6.13. The fourth-order valence-corrected chi connectivity index (χ4v) is 2.71. The van der Waals surface area contributed by atoms with Gasteiger partial charge in [-0.05, 0) is 0 Å². The summed E-state index contributed by atoms with van der Waals surface area (Å²) in [5.41, 5.74) is 4.36. The van der Waals surface area contributed by atoms with Crippen molar-refractivity contribution < 1.29 is 29.3 Å². The van der Waals surface area contributed by atoms with Crippen molar-refractivity contribution in [3.05, 3.63) is 12.2 Å². The molecule has 8 nitrogen and oxygen atoms in total. The van der Waals surface area contributed by atoms with E-state index in [1.807, 2.05) is 0 Å². The summed E-state index contributed by atoms with van der Waals surface area (Å²) in [4.78, 5) is 24.1. The van der Waals surface area contributed by atoms with E-state index in [0.29, 0.717) is 0 Å². The Bertz CT molecular complexity index is 448. The summed E-state index contributed by atoms with van der Waals surface area (Å²) in [7, 11) is 0. The van der Waals surface area contributed by atoms with Gasteiger partial charge in [0.2, 0.25) is 0 Å². The summed E-state index contributed by atoms with van der Waals surface area (Å²) in [6.45, 7) is -0.0267. The zero-order valence-corrected chi connectivity index (χ0v) is 9.93. The number of amides is 2. The van der Waals surface area contributed by atoms with Gasteiger partial charge in [-0.3, -0.25) is 14.5 Å². The van der Waals surface area contributed by atoms with Gasteiger partial charge in [0.05, 0.1) is 6.61 Å². The highest BCUT2D eigenvalue weighted by Crippen LogP contribution is 2.38. The van der Waals surface area contributed by atoms with Crippen molar-refractivity contribution in [2.24, 2.45) is 5.73 Å². The fourth-order valence-electron chi connectivity index (χ4n) is 2.71. The first-order chi connectivity index (χ1) is 9.00. The molecule has 0 spiro atoms. The van der Waals surface area contributed by atoms with E-state index >= 15 is 0 Å². The molecule has 2 saturated heterocycles. The second-order valence-corrected chi connectivity index (χ2v) is 4.87. The molecule has 3 aliphatic rings. The van der Waals surface area contributed by atoms with Crippen LogP contribution in [-0.2, 0) is 19.1 Å². The van der Waals surface area contributed by atoms with Crippen molar-refractivity contribution >= 4 is 11.8 Å². The lowest BCUT2D eigenvalue weighted by atomic mass is 9.87. The van der Waals surface area contributed by atoms with Gasteiger partial charge in [0.15, 0.2) is 6.29 Å². The van der Waals surface area contributed by atoms with Gasteiger partial charge in [0.25, 0.3) is 11.8 Å². The van der Waals surface area contributed by atoms with Crippen LogP contribution in [0, 0.1) is 0 Å². The minimum absolute atomic E-state index is 0.00649. The second kappa shape index (κ2) is 4.09. The molecule has 3 aliphatic heterocycles. The molecule has 2 fully saturated rings. The zero-order valence-electron chi connectivity index (χ0n) is 9.93. The molecule has 5 atom stereocenters. The number of aliphatic hydroxyl groups is 2. The van der Waals surface area contributed by atoms with Gasteiger partial charge in [0, 0.05) is 18.7 Å². The summed E-state index contributed by atoms with van der Waals surface area (Å²) in [5, 5.41) is 20.3. The lowest BCUT2D eigenvalue weighted by molar-refractivity contribution is -0.237. The SMILES string of the molecule is NC[C@@]12COC(O1)[C@H](N1C(=O)C=CC1=O)[C@@H](O)[C@H]2O. The Kier molecular flexibility index (Phi) is 2.73. The summed E-state index contributed by atoms with van der Waals surface area (Å²) in [6, 6.07) is -1.08. The molecule has 0 aromatic rings. The third-order valence-corrected chi connectivity index (χ3v) is 3.82. The minimum Gasteiger partial charge on any atom is -0.388 e. The molecule has 4 N–H and O–H groups in total. The Labute approximate surface area is 108 Å². The molecular formula is C11H14N2O6. The summed E-state index contributed by atoms with van der Waals surface area (Å²) in [5.74, 6) is -1.14. The van der Waals surface area contributed by atoms with E-state index in [2.05, 4.69) is 0 Å². The van der Waals surface area contributed by atoms with Crippen LogP contribution in [0.3, 0.4) is 0 Å². The molecule has 1 unspecified atom stereocenters. The van der Waals surface area contributed by atoms with Gasteiger partial charge in [-0.2, -0.15) is 0 Å². The first kappa shape index (κ1) is 12.7. The van der Waals surface area contributed by atoms with E-state index in [0.717, 1.165) is 17.1 Å². The van der Waals surface area contributed by atoms with E-state index in [1.54, 1.807) is 0 Å². The predicted molar refractivity (Wildman–Crippen MR) is 59.4 cm³/mol. The first-order valence-electron chi connectivity index (χ1n) is 5.91. The number of rotatable bonds is 2. The maximum atomic E-state index is 11.7. The maximum absolute atomic E-state index is 11.7. The molecule has 0 radical (unpaired) electrons. The number of carbonyl (C=O) groups excluding carboxylic acids is 2. The highest BCUT2D eigenvalue weighted by atomic mass is 16.7. The van der Waals surface area contributed by atoms with Crippen molar-refractivity contribution in [3.8, 4) is 0 Å². The highest BCUT2D eigenvalue weighted by Gasteiger charge is 2.61. The van der Waals surface area contributed by atoms with E-state index < -0.39 is 42.0 Å². The number of nitrogens with zero attached hydrogens (tertiary/aromatic N) is 1. The molecule has 0 aromatic heterocycles. The van der Waals surface area contributed by atoms with E-state index in [4.69, 9.17) is 15.2 Å². The van der Waals surface area contributed by atoms with Crippen LogP contribution in [-0.4, -0.2) is 70.2 Å². The number of ether oxygens (including phenoxy) is 2. The van der Waals surface area contributed by atoms with Crippen molar-refractivity contribution in [2.45, 2.75) is 30.1 Å². The molecule has 104 valence electrons. The van der Waals surface area contributed by atoms with Crippen molar-refractivity contribution in [2.75, 3.05) is 13.2 Å². The normalized spacial score (nSPS) is 45.3. The van der Waals surface area contributed by atoms with Gasteiger partial charge >= 0.3 is 0 Å². The van der Waals surface area contributed by atoms with Crippen molar-refractivity contribution in [1.82, 2.24) is 4.90 Å². The van der Waals surface area contributed by atoms with Crippen LogP contribution in [0.2, 0.25) is 0 Å². The Morgan fingerprint density at radius 1 is 1.37 bits per heavy atom. The van der Waals surface area contributed by atoms with Gasteiger partial charge in [-0.25, -0.2) is 0 Å². The number of fused-ring (bicyclic) bond motifs is 2. The van der Waals surface area contributed by atoms with Crippen LogP contribution < -0.4 is 5.73 Å². The first-order valence-corrected chi connectivity index (χ1v) is 5.91. The molecule has 8 heteroatoms. The quantitative estimate of drug-likeness (QED) is 0.459. The topological polar surface area (TPSA) is 122 Å². The molecule has 0 aromatic carbocycles. The Morgan fingerprint density at radius 2 is 2.00 bits per heavy atom. The molecule has 3 heterocycles. The molecule has 2 bridgehead atoms. The van der Waals surface area contributed by atoms with Gasteiger partial charge in [-0.15, -0.1) is 0 Å². The number of hydrogen-bond acceptors (Lipinski definition) is 7. The lowest BCUT2D eigenvalue weighted by Gasteiger charge is -2.44. The number of hydrogen-bond donors (Lipinski definition) is 3. The van der Waals surface area contributed by atoms with Crippen molar-refractivity contribution in [3.63, 3.8) is 0 Å². The standard InChI is InChI=1S/C11H14N2O6/c12-3-11-4-18-10(19-11)7(8(16)9(11)17)13-5(14)1-2-6(13)15/h1-2,7-10,16-17H,3-4,12H2/t7-,8-,9-,10?,11+/m1/s1. The third kappa shape index (κ3) is 1.58. The van der Waals surface area contributed by atoms with Gasteiger partial charge < -0.3 is 25.4 Å². The molecule has 19 heavy (non-hydrogen) atoms. The van der Waals surface area contributed by atoms with Crippen LogP contribution in [0.25, 0.3) is 0 Å². The Balaban J connectivity index is 1.92. The molecular weight excluding hydrogens is 256 g/mol. The monoisotopic (exact) mass is 270 g/mol. The van der Waals surface area contributed by atoms with Crippen LogP contribution in [0.1, 0.15) is 0 Å². The summed E-state index contributed by atoms with van der Waals surface area (Å²) >= 11 is 0. The largest absolute Gasteiger partial charge is 0.388 e. The van der Waals surface area contributed by atoms with E-state index in [1.165, 1.54) is 0 Å². The number of carbonyl (C=O) groups is 2. The Morgan fingerprint density at radius 3 is 2.58 bits per heavy atom. The molecule has 0 saturated carbocycles. The minimum atomic E-state index is -1.36. The van der Waals surface area contributed by atoms with Gasteiger partial charge in [-0.1, -0.05) is 0 Å². The van der Waals surface area contributed by atoms with E-state index in [9.17, 15) is 19.8 Å². The van der Waals surface area contributed by atoms with Gasteiger partial charge in [0.1, 0.15) is 23.9 Å². The molecule has 0 aliphatic carbocycles. The van der Waals surface area contributed by atoms with Crippen LogP contribution in [0.4, 0.5) is 0 Å². The van der Waals surface area contributed by atoms with Crippen LogP contribution in [0.15, 0.2) is 12.2 Å². The number of aliphatic hydroxyl groups excluding tert-OH is 2.